The third-order valence-electron chi connectivity index (χ3n) is 3.87. The molecule has 0 aromatic rings. The molecule has 0 aromatic carbocycles. The van der Waals surface area contributed by atoms with Crippen LogP contribution in [0, 0.1) is 0 Å². The highest BCUT2D eigenvalue weighted by atomic mass is 16.5. The lowest BCUT2D eigenvalue weighted by atomic mass is 10.1. The molecule has 0 atom stereocenters. The van der Waals surface area contributed by atoms with Crippen molar-refractivity contribution in [2.75, 3.05) is 47.8 Å². The molecule has 6 heteroatoms. The van der Waals surface area contributed by atoms with Gasteiger partial charge in [0.15, 0.2) is 0 Å². The van der Waals surface area contributed by atoms with Crippen LogP contribution >= 0.6 is 0 Å². The van der Waals surface area contributed by atoms with E-state index in [4.69, 9.17) is 9.47 Å². The lowest BCUT2D eigenvalue weighted by molar-refractivity contribution is -0.136. The molecule has 0 N–H and O–H groups in total. The summed E-state index contributed by atoms with van der Waals surface area (Å²) in [6, 6.07) is 0. The summed E-state index contributed by atoms with van der Waals surface area (Å²) in [5, 5.41) is 0. The molecular formula is C18H36N2O4. The van der Waals surface area contributed by atoms with Gasteiger partial charge in [-0.1, -0.05) is 12.8 Å². The van der Waals surface area contributed by atoms with Crippen molar-refractivity contribution in [1.82, 2.24) is 9.80 Å². The Kier molecular flexibility index (Phi) is 14.9. The smallest absolute Gasteiger partial charge is 0.224 e. The lowest BCUT2D eigenvalue weighted by Crippen LogP contribution is -2.33. The van der Waals surface area contributed by atoms with E-state index in [1.165, 1.54) is 0 Å². The molecule has 0 spiro atoms. The summed E-state index contributed by atoms with van der Waals surface area (Å²) >= 11 is 0. The molecular weight excluding hydrogens is 308 g/mol. The zero-order valence-corrected chi connectivity index (χ0v) is 16.0. The lowest BCUT2D eigenvalue weighted by Gasteiger charge is -2.22. The molecule has 0 bridgehead atoms. The molecule has 0 radical (unpaired) electrons. The van der Waals surface area contributed by atoms with Gasteiger partial charge in [0, 0.05) is 33.6 Å². The van der Waals surface area contributed by atoms with Crippen LogP contribution in [0.1, 0.15) is 58.3 Å². The predicted octanol–water partition coefficient (Wildman–Crippen LogP) is 2.66. The molecule has 0 saturated carbocycles. The number of unbranched alkanes of at least 4 members (excludes halogenated alkanes) is 4. The largest absolute Gasteiger partial charge is 0.369 e. The number of hydrogen-bond donors (Lipinski definition) is 0. The Morgan fingerprint density at radius 2 is 1.38 bits per heavy atom. The van der Waals surface area contributed by atoms with Gasteiger partial charge in [0.05, 0.1) is 6.73 Å². The Morgan fingerprint density at radius 3 is 1.96 bits per heavy atom. The number of Topliss-reactive ketones (excluding diaryl/α,β-unsaturated/α-hetero) is 1. The number of carbonyl (C=O) groups excluding carboxylic acids is 2. The first kappa shape index (κ1) is 23.0. The predicted molar refractivity (Wildman–Crippen MR) is 95.7 cm³/mol. The second kappa shape index (κ2) is 15.5. The first-order chi connectivity index (χ1) is 11.5. The van der Waals surface area contributed by atoms with Gasteiger partial charge in [0.2, 0.25) is 5.91 Å². The van der Waals surface area contributed by atoms with Crippen LogP contribution in [0.5, 0.6) is 0 Å². The second-order valence-corrected chi connectivity index (χ2v) is 6.40. The maximum Gasteiger partial charge on any atom is 0.224 e. The van der Waals surface area contributed by atoms with E-state index in [2.05, 4.69) is 11.9 Å². The van der Waals surface area contributed by atoms with E-state index in [-0.39, 0.29) is 11.7 Å². The normalized spacial score (nSPS) is 11.0. The molecule has 0 aliphatic heterocycles. The summed E-state index contributed by atoms with van der Waals surface area (Å²) in [5.74, 6) is 0.313. The molecule has 1 amide bonds. The third-order valence-corrected chi connectivity index (χ3v) is 3.87. The summed E-state index contributed by atoms with van der Waals surface area (Å²) in [6.07, 6.45) is 7.02. The zero-order valence-electron chi connectivity index (χ0n) is 16.0. The van der Waals surface area contributed by atoms with Crippen LogP contribution in [0.3, 0.4) is 0 Å². The van der Waals surface area contributed by atoms with Crippen molar-refractivity contribution in [2.45, 2.75) is 58.3 Å². The molecule has 0 heterocycles. The molecule has 0 rings (SSSR count). The summed E-state index contributed by atoms with van der Waals surface area (Å²) < 4.78 is 10.2. The first-order valence-electron chi connectivity index (χ1n) is 8.94. The van der Waals surface area contributed by atoms with E-state index in [9.17, 15) is 9.59 Å². The van der Waals surface area contributed by atoms with Gasteiger partial charge >= 0.3 is 0 Å². The van der Waals surface area contributed by atoms with Crippen LogP contribution in [0.15, 0.2) is 0 Å². The van der Waals surface area contributed by atoms with Crippen LogP contribution in [-0.4, -0.2) is 69.3 Å². The van der Waals surface area contributed by atoms with Gasteiger partial charge in [0.25, 0.3) is 0 Å². The molecule has 24 heavy (non-hydrogen) atoms. The summed E-state index contributed by atoms with van der Waals surface area (Å²) in [7, 11) is 5.37. The van der Waals surface area contributed by atoms with Gasteiger partial charge in [-0.25, -0.2) is 0 Å². The maximum absolute atomic E-state index is 12.2. The number of ketones is 1. The zero-order chi connectivity index (χ0) is 18.2. The highest BCUT2D eigenvalue weighted by molar-refractivity contribution is 5.76. The van der Waals surface area contributed by atoms with Gasteiger partial charge < -0.3 is 19.2 Å². The monoisotopic (exact) mass is 344 g/mol. The molecule has 0 aromatic heterocycles. The molecule has 0 aliphatic rings. The molecule has 6 nitrogen and oxygen atoms in total. The van der Waals surface area contributed by atoms with Crippen LogP contribution in [0.25, 0.3) is 0 Å². The first-order valence-corrected chi connectivity index (χ1v) is 8.94. The average Bonchev–Trinajstić information content (AvgIpc) is 2.53. The highest BCUT2D eigenvalue weighted by Crippen LogP contribution is 2.07. The van der Waals surface area contributed by atoms with E-state index in [1.54, 1.807) is 26.0 Å². The van der Waals surface area contributed by atoms with Crippen molar-refractivity contribution in [1.29, 1.82) is 0 Å². The minimum absolute atomic E-state index is 0.125. The van der Waals surface area contributed by atoms with E-state index < -0.39 is 0 Å². The Morgan fingerprint density at radius 1 is 0.792 bits per heavy atom. The van der Waals surface area contributed by atoms with Crippen LogP contribution in [-0.2, 0) is 19.1 Å². The van der Waals surface area contributed by atoms with Crippen LogP contribution in [0.4, 0.5) is 0 Å². The molecule has 142 valence electrons. The van der Waals surface area contributed by atoms with Crippen molar-refractivity contribution in [2.24, 2.45) is 0 Å². The van der Waals surface area contributed by atoms with Crippen molar-refractivity contribution in [3.8, 4) is 0 Å². The quantitative estimate of drug-likeness (QED) is 0.318. The number of carbonyl (C=O) groups is 2. The van der Waals surface area contributed by atoms with E-state index in [1.807, 2.05) is 0 Å². The molecule has 0 saturated heterocycles. The van der Waals surface area contributed by atoms with Gasteiger partial charge in [0.1, 0.15) is 12.5 Å². The summed E-state index contributed by atoms with van der Waals surface area (Å²) in [5.41, 5.74) is 0. The number of ether oxygens (including phenoxy) is 2. The fourth-order valence-electron chi connectivity index (χ4n) is 2.55. The van der Waals surface area contributed by atoms with E-state index >= 15 is 0 Å². The Balaban J connectivity index is 3.82. The number of amides is 1. The van der Waals surface area contributed by atoms with Crippen LogP contribution in [0.2, 0.25) is 0 Å². The Hall–Kier alpha value is -0.980. The minimum atomic E-state index is 0.125. The topological polar surface area (TPSA) is 59.1 Å². The number of methoxy groups -OCH3 is 2. The number of hydrogen-bond acceptors (Lipinski definition) is 5. The summed E-state index contributed by atoms with van der Waals surface area (Å²) in [6.45, 7) is 4.38. The van der Waals surface area contributed by atoms with E-state index in [0.717, 1.165) is 51.6 Å². The Bertz CT molecular complexity index is 337. The fraction of sp³-hybridized carbons (Fsp3) is 0.889. The number of rotatable bonds is 16. The molecule has 0 unspecified atom stereocenters. The van der Waals surface area contributed by atoms with Crippen molar-refractivity contribution in [3.63, 3.8) is 0 Å². The standard InChI is InChI=1S/C18H36N2O4/c1-17(21)11-7-8-12-18(22)20(16-24-4)14-10-6-5-9-13-19(2)15-23-3/h5-16H2,1-4H3. The maximum atomic E-state index is 12.2. The van der Waals surface area contributed by atoms with E-state index in [0.29, 0.717) is 26.3 Å². The van der Waals surface area contributed by atoms with Gasteiger partial charge in [-0.3, -0.25) is 9.69 Å². The van der Waals surface area contributed by atoms with Gasteiger partial charge in [-0.2, -0.15) is 0 Å². The highest BCUT2D eigenvalue weighted by Gasteiger charge is 2.12. The third kappa shape index (κ3) is 13.5. The second-order valence-electron chi connectivity index (χ2n) is 6.40. The summed E-state index contributed by atoms with van der Waals surface area (Å²) in [4.78, 5) is 27.0. The SMILES string of the molecule is COCN(C)CCCCCCN(COC)C(=O)CCCCC(C)=O. The van der Waals surface area contributed by atoms with Crippen LogP contribution < -0.4 is 0 Å². The number of nitrogens with zero attached hydrogens (tertiary/aromatic N) is 2. The Labute approximate surface area is 147 Å². The fourth-order valence-corrected chi connectivity index (χ4v) is 2.55. The van der Waals surface area contributed by atoms with Gasteiger partial charge in [-0.05, 0) is 46.2 Å². The van der Waals surface area contributed by atoms with Crippen molar-refractivity contribution >= 4 is 11.7 Å². The molecule has 0 aliphatic carbocycles. The van der Waals surface area contributed by atoms with Crippen molar-refractivity contribution < 1.29 is 19.1 Å². The van der Waals surface area contributed by atoms with Crippen molar-refractivity contribution in [3.05, 3.63) is 0 Å². The molecule has 0 fully saturated rings. The van der Waals surface area contributed by atoms with Gasteiger partial charge in [-0.15, -0.1) is 0 Å². The minimum Gasteiger partial charge on any atom is -0.369 e. The average molecular weight is 344 g/mol.